The number of aryl methyl sites for hydroxylation is 1. The van der Waals surface area contributed by atoms with E-state index in [1.807, 2.05) is 0 Å². The van der Waals surface area contributed by atoms with Crippen LogP contribution in [0.3, 0.4) is 0 Å². The van der Waals surface area contributed by atoms with Crippen LogP contribution in [0.2, 0.25) is 0 Å². The highest BCUT2D eigenvalue weighted by Crippen LogP contribution is 2.25. The highest BCUT2D eigenvalue weighted by molar-refractivity contribution is 5.93. The summed E-state index contributed by atoms with van der Waals surface area (Å²) in [6, 6.07) is 4.63. The SMILES string of the molecule is Cc1cc(NC(=O)N(CCO)C2CCC2)ccc1C(=O)O. The quantitative estimate of drug-likeness (QED) is 0.775. The van der Waals surface area contributed by atoms with Crippen LogP contribution in [0.15, 0.2) is 18.2 Å². The lowest BCUT2D eigenvalue weighted by Crippen LogP contribution is -2.47. The maximum absolute atomic E-state index is 12.3. The third-order valence-corrected chi connectivity index (χ3v) is 3.83. The molecule has 1 fully saturated rings. The summed E-state index contributed by atoms with van der Waals surface area (Å²) in [6.45, 7) is 1.93. The van der Waals surface area contributed by atoms with Crippen LogP contribution in [0.25, 0.3) is 0 Å². The van der Waals surface area contributed by atoms with Crippen molar-refractivity contribution >= 4 is 17.7 Å². The highest BCUT2D eigenvalue weighted by atomic mass is 16.4. The average Bonchev–Trinajstić information content (AvgIpc) is 2.35. The molecule has 0 aromatic heterocycles. The number of carboxylic acids is 1. The zero-order valence-corrected chi connectivity index (χ0v) is 12.0. The fourth-order valence-corrected chi connectivity index (χ4v) is 2.43. The lowest BCUT2D eigenvalue weighted by Gasteiger charge is -2.37. The molecule has 6 nitrogen and oxygen atoms in total. The first kappa shape index (κ1) is 15.3. The highest BCUT2D eigenvalue weighted by Gasteiger charge is 2.28. The van der Waals surface area contributed by atoms with Gasteiger partial charge >= 0.3 is 12.0 Å². The summed E-state index contributed by atoms with van der Waals surface area (Å²) in [5.74, 6) is -0.984. The van der Waals surface area contributed by atoms with Crippen molar-refractivity contribution < 1.29 is 19.8 Å². The monoisotopic (exact) mass is 292 g/mol. The van der Waals surface area contributed by atoms with E-state index < -0.39 is 5.97 Å². The summed E-state index contributed by atoms with van der Waals surface area (Å²) in [5, 5.41) is 20.8. The second kappa shape index (κ2) is 6.58. The molecule has 3 N–H and O–H groups in total. The molecule has 2 rings (SSSR count). The van der Waals surface area contributed by atoms with Gasteiger partial charge in [0, 0.05) is 18.3 Å². The van der Waals surface area contributed by atoms with E-state index in [4.69, 9.17) is 10.2 Å². The first-order valence-electron chi connectivity index (χ1n) is 7.05. The minimum atomic E-state index is -0.984. The third-order valence-electron chi connectivity index (χ3n) is 3.83. The predicted molar refractivity (Wildman–Crippen MR) is 78.6 cm³/mol. The van der Waals surface area contributed by atoms with Crippen molar-refractivity contribution in [3.63, 3.8) is 0 Å². The molecule has 21 heavy (non-hydrogen) atoms. The number of carboxylic acid groups (broad SMARTS) is 1. The van der Waals surface area contributed by atoms with Gasteiger partial charge in [-0.3, -0.25) is 0 Å². The van der Waals surface area contributed by atoms with Crippen LogP contribution in [0.4, 0.5) is 10.5 Å². The summed E-state index contributed by atoms with van der Waals surface area (Å²) in [4.78, 5) is 24.9. The molecule has 1 aliphatic rings. The van der Waals surface area contributed by atoms with Gasteiger partial charge in [0.1, 0.15) is 0 Å². The lowest BCUT2D eigenvalue weighted by atomic mass is 9.92. The summed E-state index contributed by atoms with van der Waals surface area (Å²) in [7, 11) is 0. The van der Waals surface area contributed by atoms with Gasteiger partial charge in [0.15, 0.2) is 0 Å². The Labute approximate surface area is 123 Å². The van der Waals surface area contributed by atoms with E-state index in [0.717, 1.165) is 19.3 Å². The van der Waals surface area contributed by atoms with Crippen molar-refractivity contribution in [2.45, 2.75) is 32.2 Å². The molecule has 0 spiro atoms. The number of carbonyl (C=O) groups excluding carboxylic acids is 1. The predicted octanol–water partition coefficient (Wildman–Crippen LogP) is 2.07. The minimum Gasteiger partial charge on any atom is -0.478 e. The lowest BCUT2D eigenvalue weighted by molar-refractivity contribution is 0.0696. The molecule has 0 radical (unpaired) electrons. The van der Waals surface area contributed by atoms with Crippen LogP contribution >= 0.6 is 0 Å². The van der Waals surface area contributed by atoms with Gasteiger partial charge in [-0.05, 0) is 49.9 Å². The number of benzene rings is 1. The van der Waals surface area contributed by atoms with Crippen molar-refractivity contribution in [1.29, 1.82) is 0 Å². The van der Waals surface area contributed by atoms with Crippen LogP contribution in [-0.4, -0.2) is 46.3 Å². The number of carbonyl (C=O) groups is 2. The molecule has 0 aliphatic heterocycles. The first-order chi connectivity index (χ1) is 10.0. The molecule has 0 unspecified atom stereocenters. The Kier molecular flexibility index (Phi) is 4.80. The summed E-state index contributed by atoms with van der Waals surface area (Å²) in [6.07, 6.45) is 3.03. The molecule has 114 valence electrons. The zero-order valence-electron chi connectivity index (χ0n) is 12.0. The molecule has 0 atom stereocenters. The van der Waals surface area contributed by atoms with Gasteiger partial charge in [-0.25, -0.2) is 9.59 Å². The molecule has 0 heterocycles. The van der Waals surface area contributed by atoms with E-state index >= 15 is 0 Å². The first-order valence-corrected chi connectivity index (χ1v) is 7.05. The van der Waals surface area contributed by atoms with E-state index in [2.05, 4.69) is 5.32 Å². The van der Waals surface area contributed by atoms with Crippen LogP contribution in [0, 0.1) is 6.92 Å². The second-order valence-electron chi connectivity index (χ2n) is 5.27. The van der Waals surface area contributed by atoms with E-state index in [1.54, 1.807) is 24.0 Å². The maximum Gasteiger partial charge on any atom is 0.335 e. The molecule has 2 amide bonds. The summed E-state index contributed by atoms with van der Waals surface area (Å²) in [5.41, 5.74) is 1.38. The normalized spacial score (nSPS) is 14.4. The molecule has 1 aliphatic carbocycles. The van der Waals surface area contributed by atoms with Crippen LogP contribution in [0.5, 0.6) is 0 Å². The number of anilines is 1. The number of rotatable bonds is 5. The van der Waals surface area contributed by atoms with Crippen LogP contribution in [-0.2, 0) is 0 Å². The van der Waals surface area contributed by atoms with E-state index in [0.29, 0.717) is 17.8 Å². The minimum absolute atomic E-state index is 0.0686. The molecule has 6 heteroatoms. The number of urea groups is 1. The Morgan fingerprint density at radius 3 is 2.57 bits per heavy atom. The molecule has 1 saturated carbocycles. The van der Waals surface area contributed by atoms with Crippen molar-refractivity contribution in [3.8, 4) is 0 Å². The molecule has 1 aromatic carbocycles. The number of amides is 2. The smallest absolute Gasteiger partial charge is 0.335 e. The fourth-order valence-electron chi connectivity index (χ4n) is 2.43. The van der Waals surface area contributed by atoms with E-state index in [-0.39, 0.29) is 24.2 Å². The Bertz CT molecular complexity index is 540. The number of hydrogen-bond donors (Lipinski definition) is 3. The number of aliphatic hydroxyl groups is 1. The zero-order chi connectivity index (χ0) is 15.4. The average molecular weight is 292 g/mol. The Morgan fingerprint density at radius 2 is 2.10 bits per heavy atom. The van der Waals surface area contributed by atoms with Crippen molar-refractivity contribution in [1.82, 2.24) is 4.90 Å². The van der Waals surface area contributed by atoms with Crippen molar-refractivity contribution in [3.05, 3.63) is 29.3 Å². The topological polar surface area (TPSA) is 89.9 Å². The molecule has 0 bridgehead atoms. The van der Waals surface area contributed by atoms with Gasteiger partial charge in [-0.15, -0.1) is 0 Å². The van der Waals surface area contributed by atoms with Gasteiger partial charge in [-0.2, -0.15) is 0 Å². The van der Waals surface area contributed by atoms with Gasteiger partial charge in [0.25, 0.3) is 0 Å². The summed E-state index contributed by atoms with van der Waals surface area (Å²) >= 11 is 0. The van der Waals surface area contributed by atoms with Crippen molar-refractivity contribution in [2.75, 3.05) is 18.5 Å². The Hall–Kier alpha value is -2.08. The maximum atomic E-state index is 12.3. The largest absolute Gasteiger partial charge is 0.478 e. The Morgan fingerprint density at radius 1 is 1.38 bits per heavy atom. The van der Waals surface area contributed by atoms with Crippen LogP contribution < -0.4 is 5.32 Å². The fraction of sp³-hybridized carbons (Fsp3) is 0.467. The van der Waals surface area contributed by atoms with Gasteiger partial charge in [0.2, 0.25) is 0 Å². The standard InChI is InChI=1S/C15H20N2O4/c1-10-9-11(5-6-13(10)14(19)20)16-15(21)17(7-8-18)12-3-2-4-12/h5-6,9,12,18H,2-4,7-8H2,1H3,(H,16,21)(H,19,20). The number of aliphatic hydroxyl groups excluding tert-OH is 1. The van der Waals surface area contributed by atoms with E-state index in [9.17, 15) is 9.59 Å². The number of nitrogens with one attached hydrogen (secondary N) is 1. The number of aromatic carboxylic acids is 1. The third kappa shape index (κ3) is 3.52. The van der Waals surface area contributed by atoms with Crippen LogP contribution in [0.1, 0.15) is 35.2 Å². The molecular weight excluding hydrogens is 272 g/mol. The van der Waals surface area contributed by atoms with Crippen molar-refractivity contribution in [2.24, 2.45) is 0 Å². The van der Waals surface area contributed by atoms with Gasteiger partial charge < -0.3 is 20.4 Å². The second-order valence-corrected chi connectivity index (χ2v) is 5.27. The van der Waals surface area contributed by atoms with Gasteiger partial charge in [-0.1, -0.05) is 0 Å². The number of hydrogen-bond acceptors (Lipinski definition) is 3. The molecular formula is C15H20N2O4. The Balaban J connectivity index is 2.07. The van der Waals surface area contributed by atoms with E-state index in [1.165, 1.54) is 6.07 Å². The summed E-state index contributed by atoms with van der Waals surface area (Å²) < 4.78 is 0. The van der Waals surface area contributed by atoms with Gasteiger partial charge in [0.05, 0.1) is 12.2 Å². The number of nitrogens with zero attached hydrogens (tertiary/aromatic N) is 1. The molecule has 0 saturated heterocycles. The molecule has 1 aromatic rings.